The fraction of sp³-hybridized carbons (Fsp3) is 0.300. The maximum absolute atomic E-state index is 13.5. The number of anilines is 3. The van der Waals surface area contributed by atoms with E-state index in [1.165, 1.54) is 19.1 Å². The molecule has 0 aliphatic carbocycles. The third-order valence-electron chi connectivity index (χ3n) is 9.58. The van der Waals surface area contributed by atoms with Gasteiger partial charge in [-0.3, -0.25) is 19.8 Å². The summed E-state index contributed by atoms with van der Waals surface area (Å²) in [5.41, 5.74) is 9.04. The highest BCUT2D eigenvalue weighted by Gasteiger charge is 2.30. The molecule has 5 aromatic carbocycles. The van der Waals surface area contributed by atoms with E-state index in [-0.39, 0.29) is 29.2 Å². The summed E-state index contributed by atoms with van der Waals surface area (Å²) in [6, 6.07) is 29.9. The van der Waals surface area contributed by atoms with E-state index >= 15 is 0 Å². The van der Waals surface area contributed by atoms with Crippen LogP contribution in [0.2, 0.25) is 0 Å². The van der Waals surface area contributed by atoms with Gasteiger partial charge < -0.3 is 34.7 Å². The van der Waals surface area contributed by atoms with Gasteiger partial charge in [0.1, 0.15) is 34.5 Å². The van der Waals surface area contributed by atoms with Crippen molar-refractivity contribution in [2.45, 2.75) is 85.2 Å². The number of para-hydroxylation sites is 1. The normalized spacial score (nSPS) is 12.2. The van der Waals surface area contributed by atoms with Crippen LogP contribution in [0.15, 0.2) is 109 Å². The van der Waals surface area contributed by atoms with Gasteiger partial charge in [0.05, 0.1) is 18.5 Å². The summed E-state index contributed by atoms with van der Waals surface area (Å²) >= 11 is 0. The zero-order valence-electron chi connectivity index (χ0n) is 37.9. The highest BCUT2D eigenvalue weighted by Crippen LogP contribution is 2.37. The summed E-state index contributed by atoms with van der Waals surface area (Å²) in [5, 5.41) is 6.01. The molecule has 0 bridgehead atoms. The van der Waals surface area contributed by atoms with E-state index in [9.17, 15) is 24.0 Å². The molecule has 14 nitrogen and oxygen atoms in total. The number of amides is 3. The van der Waals surface area contributed by atoms with E-state index in [2.05, 4.69) is 10.6 Å². The molecule has 14 heteroatoms. The van der Waals surface area contributed by atoms with E-state index in [1.807, 2.05) is 19.9 Å². The molecule has 0 aliphatic heterocycles. The molecule has 0 saturated heterocycles. The molecular formula is C50H56N4O10. The van der Waals surface area contributed by atoms with Crippen molar-refractivity contribution in [1.82, 2.24) is 0 Å². The first kappa shape index (κ1) is 47.7. The Labute approximate surface area is 374 Å². The molecule has 0 spiro atoms. The number of primary amides is 1. The predicted octanol–water partition coefficient (Wildman–Crippen LogP) is 9.85. The number of rotatable bonds is 15. The number of nitrogens with two attached hydrogens (primary N) is 1. The standard InChI is InChI=1S/C50H56N4O10/c1-30-26-36(27-31(2)42(30)53-47(58)63-49(3,4)5)61-35-24-25-38(41(29-35)54(9)48(59)64-50(6,7)8)44(45(51)56)62-34-22-20-32(21-23-34)28-40(46(57)60-10)52-39-19-15-14-18-37(39)43(55)33-16-12-11-13-17-33/h11-27,29,40,44,52H,28H2,1-10H3,(H2,51,56)(H,53,58). The third kappa shape index (κ3) is 12.8. The summed E-state index contributed by atoms with van der Waals surface area (Å²) < 4.78 is 28.7. The predicted molar refractivity (Wildman–Crippen MR) is 245 cm³/mol. The average molecular weight is 873 g/mol. The maximum atomic E-state index is 13.5. The van der Waals surface area contributed by atoms with Gasteiger partial charge in [0.2, 0.25) is 6.10 Å². The van der Waals surface area contributed by atoms with Crippen molar-refractivity contribution in [3.05, 3.63) is 143 Å². The minimum absolute atomic E-state index is 0.175. The number of hydrogen-bond donors (Lipinski definition) is 3. The smallest absolute Gasteiger partial charge is 0.414 e. The van der Waals surface area contributed by atoms with Gasteiger partial charge in [-0.25, -0.2) is 14.4 Å². The monoisotopic (exact) mass is 872 g/mol. The van der Waals surface area contributed by atoms with Gasteiger partial charge in [-0.15, -0.1) is 0 Å². The Morgan fingerprint density at radius 3 is 1.91 bits per heavy atom. The van der Waals surface area contributed by atoms with Crippen molar-refractivity contribution in [2.75, 3.05) is 29.7 Å². The lowest BCUT2D eigenvalue weighted by atomic mass is 10.00. The van der Waals surface area contributed by atoms with Crippen LogP contribution in [0.1, 0.15) is 85.8 Å². The topological polar surface area (TPSA) is 185 Å². The molecule has 5 aromatic rings. The van der Waals surface area contributed by atoms with E-state index in [0.29, 0.717) is 39.6 Å². The lowest BCUT2D eigenvalue weighted by Gasteiger charge is -2.28. The van der Waals surface area contributed by atoms with E-state index in [1.54, 1.807) is 145 Å². The van der Waals surface area contributed by atoms with Crippen molar-refractivity contribution in [3.8, 4) is 17.2 Å². The first-order valence-corrected chi connectivity index (χ1v) is 20.6. The number of hydrogen-bond acceptors (Lipinski definition) is 11. The molecule has 0 radical (unpaired) electrons. The Morgan fingerprint density at radius 1 is 0.719 bits per heavy atom. The highest BCUT2D eigenvalue weighted by atomic mass is 16.6. The second-order valence-electron chi connectivity index (χ2n) is 17.1. The van der Waals surface area contributed by atoms with Crippen molar-refractivity contribution < 1.29 is 47.7 Å². The quantitative estimate of drug-likeness (QED) is 0.0517. The fourth-order valence-corrected chi connectivity index (χ4v) is 6.68. The van der Waals surface area contributed by atoms with Gasteiger partial charge in [-0.2, -0.15) is 0 Å². The van der Waals surface area contributed by atoms with Crippen molar-refractivity contribution in [3.63, 3.8) is 0 Å². The lowest BCUT2D eigenvalue weighted by Crippen LogP contribution is -2.36. The summed E-state index contributed by atoms with van der Waals surface area (Å²) in [5.74, 6) is -0.551. The molecule has 5 rings (SSSR count). The second-order valence-corrected chi connectivity index (χ2v) is 17.1. The molecular weight excluding hydrogens is 817 g/mol. The lowest BCUT2D eigenvalue weighted by molar-refractivity contribution is -0.141. The Balaban J connectivity index is 1.40. The Kier molecular flexibility index (Phi) is 15.1. The molecule has 0 aromatic heterocycles. The van der Waals surface area contributed by atoms with Gasteiger partial charge >= 0.3 is 18.2 Å². The van der Waals surface area contributed by atoms with E-state index in [4.69, 9.17) is 29.4 Å². The Morgan fingerprint density at radius 2 is 1.31 bits per heavy atom. The summed E-state index contributed by atoms with van der Waals surface area (Å²) in [6.45, 7) is 14.2. The summed E-state index contributed by atoms with van der Waals surface area (Å²) in [6.07, 6.45) is -2.50. The number of ketones is 1. The van der Waals surface area contributed by atoms with E-state index in [0.717, 1.165) is 11.1 Å². The SMILES string of the molecule is COC(=O)C(Cc1ccc(OC(C(N)=O)c2ccc(Oc3cc(C)c(NC(=O)OC(C)(C)C)c(C)c3)cc2N(C)C(=O)OC(C)(C)C)cc1)Nc1ccccc1C(=O)c1ccccc1. The van der Waals surface area contributed by atoms with Crippen LogP contribution in [0.3, 0.4) is 0 Å². The van der Waals surface area contributed by atoms with Crippen LogP contribution in [0.25, 0.3) is 0 Å². The molecule has 3 amide bonds. The molecule has 0 heterocycles. The van der Waals surface area contributed by atoms with Crippen LogP contribution in [0.5, 0.6) is 17.2 Å². The van der Waals surface area contributed by atoms with Crippen LogP contribution in [-0.2, 0) is 30.2 Å². The number of benzene rings is 5. The molecule has 64 heavy (non-hydrogen) atoms. The number of carbonyl (C=O) groups excluding carboxylic acids is 5. The molecule has 2 atom stereocenters. The van der Waals surface area contributed by atoms with Crippen LogP contribution < -0.4 is 30.7 Å². The van der Waals surface area contributed by atoms with Gasteiger partial charge in [0.15, 0.2) is 5.78 Å². The van der Waals surface area contributed by atoms with Crippen molar-refractivity contribution in [2.24, 2.45) is 5.73 Å². The van der Waals surface area contributed by atoms with Crippen LogP contribution in [0, 0.1) is 13.8 Å². The van der Waals surface area contributed by atoms with Crippen molar-refractivity contribution in [1.29, 1.82) is 0 Å². The molecule has 0 saturated carbocycles. The summed E-state index contributed by atoms with van der Waals surface area (Å²) in [7, 11) is 2.79. The highest BCUT2D eigenvalue weighted by molar-refractivity contribution is 6.12. The largest absolute Gasteiger partial charge is 0.476 e. The van der Waals surface area contributed by atoms with Crippen LogP contribution in [0.4, 0.5) is 26.7 Å². The molecule has 0 fully saturated rings. The minimum Gasteiger partial charge on any atom is -0.476 e. The first-order chi connectivity index (χ1) is 30.1. The number of methoxy groups -OCH3 is 1. The fourth-order valence-electron chi connectivity index (χ4n) is 6.68. The molecule has 2 unspecified atom stereocenters. The number of carbonyl (C=O) groups is 5. The van der Waals surface area contributed by atoms with Gasteiger partial charge in [0, 0.05) is 41.9 Å². The number of esters is 1. The number of ether oxygens (including phenoxy) is 5. The third-order valence-corrected chi connectivity index (χ3v) is 9.58. The van der Waals surface area contributed by atoms with Crippen molar-refractivity contribution >= 4 is 46.9 Å². The number of nitrogens with zero attached hydrogens (tertiary/aromatic N) is 1. The first-order valence-electron chi connectivity index (χ1n) is 20.6. The minimum atomic E-state index is -1.38. The molecule has 336 valence electrons. The van der Waals surface area contributed by atoms with Gasteiger partial charge in [-0.1, -0.05) is 54.6 Å². The number of aryl methyl sites for hydroxylation is 2. The summed E-state index contributed by atoms with van der Waals surface area (Å²) in [4.78, 5) is 66.9. The van der Waals surface area contributed by atoms with Gasteiger partial charge in [-0.05, 0) is 121 Å². The maximum Gasteiger partial charge on any atom is 0.414 e. The zero-order valence-corrected chi connectivity index (χ0v) is 37.9. The average Bonchev–Trinajstić information content (AvgIpc) is 3.23. The van der Waals surface area contributed by atoms with Crippen LogP contribution >= 0.6 is 0 Å². The molecule has 4 N–H and O–H groups in total. The molecule has 0 aliphatic rings. The number of nitrogens with one attached hydrogen (secondary N) is 2. The Hall–Kier alpha value is -7.35. The van der Waals surface area contributed by atoms with Gasteiger partial charge in [0.25, 0.3) is 5.91 Å². The zero-order chi connectivity index (χ0) is 46.9. The van der Waals surface area contributed by atoms with E-state index < -0.39 is 47.4 Å². The van der Waals surface area contributed by atoms with Crippen LogP contribution in [-0.4, -0.2) is 61.2 Å². The second kappa shape index (κ2) is 20.2. The Bertz CT molecular complexity index is 2470.